The van der Waals surface area contributed by atoms with Gasteiger partial charge in [0.2, 0.25) is 5.91 Å². The van der Waals surface area contributed by atoms with Gasteiger partial charge in [-0.2, -0.15) is 0 Å². The van der Waals surface area contributed by atoms with Crippen molar-refractivity contribution in [1.82, 2.24) is 15.5 Å². The zero-order valence-corrected chi connectivity index (χ0v) is 16.7. The van der Waals surface area contributed by atoms with Crippen molar-refractivity contribution in [3.05, 3.63) is 0 Å². The fraction of sp³-hybridized carbons (Fsp3) is 0.941. The van der Waals surface area contributed by atoms with Gasteiger partial charge < -0.3 is 15.5 Å². The molecule has 0 aromatic heterocycles. The first-order valence-corrected chi connectivity index (χ1v) is 8.87. The summed E-state index contributed by atoms with van der Waals surface area (Å²) in [6.07, 6.45) is 5.40. The van der Waals surface area contributed by atoms with E-state index in [0.29, 0.717) is 12.3 Å². The molecule has 0 aliphatic carbocycles. The molecular formula is C17H37Cl2N3O. The van der Waals surface area contributed by atoms with E-state index in [1.54, 1.807) is 0 Å². The first kappa shape index (κ1) is 25.2. The molecule has 0 bridgehead atoms. The fourth-order valence-electron chi connectivity index (χ4n) is 3.17. The minimum atomic E-state index is 0. The third-order valence-corrected chi connectivity index (χ3v) is 4.81. The van der Waals surface area contributed by atoms with Crippen LogP contribution in [0.2, 0.25) is 0 Å². The number of nitrogens with one attached hydrogen (secondary N) is 2. The number of hydrogen-bond donors (Lipinski definition) is 2. The number of unbranched alkanes of at least 4 members (excludes halogenated alkanes) is 1. The van der Waals surface area contributed by atoms with Crippen LogP contribution in [0.4, 0.5) is 0 Å². The number of amides is 1. The highest BCUT2D eigenvalue weighted by atomic mass is 35.5. The SMILES string of the molecule is CCN(CC)CCCCNC(=O)CC(C)C1CCNCC1.Cl.Cl. The Morgan fingerprint density at radius 2 is 1.78 bits per heavy atom. The van der Waals surface area contributed by atoms with Crippen molar-refractivity contribution >= 4 is 30.7 Å². The van der Waals surface area contributed by atoms with Crippen molar-refractivity contribution in [3.8, 4) is 0 Å². The number of hydrogen-bond acceptors (Lipinski definition) is 3. The van der Waals surface area contributed by atoms with Crippen molar-refractivity contribution in [2.24, 2.45) is 11.8 Å². The van der Waals surface area contributed by atoms with Gasteiger partial charge in [-0.1, -0.05) is 20.8 Å². The van der Waals surface area contributed by atoms with E-state index >= 15 is 0 Å². The molecule has 0 spiro atoms. The van der Waals surface area contributed by atoms with Crippen LogP contribution in [0.3, 0.4) is 0 Å². The molecule has 0 aromatic carbocycles. The van der Waals surface area contributed by atoms with Gasteiger partial charge in [0.1, 0.15) is 0 Å². The summed E-state index contributed by atoms with van der Waals surface area (Å²) in [7, 11) is 0. The maximum atomic E-state index is 12.0. The Morgan fingerprint density at radius 1 is 1.17 bits per heavy atom. The summed E-state index contributed by atoms with van der Waals surface area (Å²) in [4.78, 5) is 14.4. The Morgan fingerprint density at radius 3 is 2.35 bits per heavy atom. The van der Waals surface area contributed by atoms with Gasteiger partial charge in [-0.15, -0.1) is 24.8 Å². The van der Waals surface area contributed by atoms with Crippen LogP contribution in [0.15, 0.2) is 0 Å². The molecule has 1 atom stereocenters. The lowest BCUT2D eigenvalue weighted by Crippen LogP contribution is -2.33. The van der Waals surface area contributed by atoms with Crippen molar-refractivity contribution in [2.45, 2.75) is 52.9 Å². The second-order valence-electron chi connectivity index (χ2n) is 6.35. The lowest BCUT2D eigenvalue weighted by Gasteiger charge is -2.27. The second-order valence-corrected chi connectivity index (χ2v) is 6.35. The van der Waals surface area contributed by atoms with E-state index in [1.165, 1.54) is 19.3 Å². The van der Waals surface area contributed by atoms with E-state index in [4.69, 9.17) is 0 Å². The molecule has 1 rings (SSSR count). The summed E-state index contributed by atoms with van der Waals surface area (Å²) >= 11 is 0. The van der Waals surface area contributed by atoms with E-state index in [-0.39, 0.29) is 30.7 Å². The van der Waals surface area contributed by atoms with E-state index in [2.05, 4.69) is 36.3 Å². The standard InChI is InChI=1S/C17H35N3O.2ClH/c1-4-20(5-2)13-7-6-10-19-17(21)14-15(3)16-8-11-18-12-9-16;;/h15-16,18H,4-14H2,1-3H3,(H,19,21);2*1H. The van der Waals surface area contributed by atoms with Crippen LogP contribution in [0.5, 0.6) is 0 Å². The number of piperidine rings is 1. The fourth-order valence-corrected chi connectivity index (χ4v) is 3.17. The summed E-state index contributed by atoms with van der Waals surface area (Å²) in [5, 5.41) is 6.47. The average Bonchev–Trinajstić information content (AvgIpc) is 2.51. The number of carbonyl (C=O) groups is 1. The molecule has 1 fully saturated rings. The topological polar surface area (TPSA) is 44.4 Å². The van der Waals surface area contributed by atoms with Crippen molar-refractivity contribution < 1.29 is 4.79 Å². The van der Waals surface area contributed by atoms with Gasteiger partial charge in [-0.05, 0) is 70.2 Å². The van der Waals surface area contributed by atoms with E-state index < -0.39 is 0 Å². The highest BCUT2D eigenvalue weighted by Gasteiger charge is 2.21. The molecule has 1 unspecified atom stereocenters. The molecule has 2 N–H and O–H groups in total. The third-order valence-electron chi connectivity index (χ3n) is 4.81. The second kappa shape index (κ2) is 15.5. The van der Waals surface area contributed by atoms with Crippen LogP contribution in [0.25, 0.3) is 0 Å². The van der Waals surface area contributed by atoms with Crippen LogP contribution in [0.1, 0.15) is 52.9 Å². The maximum Gasteiger partial charge on any atom is 0.220 e. The lowest BCUT2D eigenvalue weighted by molar-refractivity contribution is -0.122. The normalized spacial score (nSPS) is 16.3. The van der Waals surface area contributed by atoms with Crippen LogP contribution >= 0.6 is 24.8 Å². The van der Waals surface area contributed by atoms with Gasteiger partial charge in [0.15, 0.2) is 0 Å². The largest absolute Gasteiger partial charge is 0.356 e. The molecule has 0 aromatic rings. The smallest absolute Gasteiger partial charge is 0.220 e. The molecule has 1 heterocycles. The lowest BCUT2D eigenvalue weighted by atomic mass is 9.84. The molecule has 1 saturated heterocycles. The average molecular weight is 370 g/mol. The minimum absolute atomic E-state index is 0. The minimum Gasteiger partial charge on any atom is -0.356 e. The molecule has 6 heteroatoms. The Balaban J connectivity index is 0. The summed E-state index contributed by atoms with van der Waals surface area (Å²) in [5.41, 5.74) is 0. The summed E-state index contributed by atoms with van der Waals surface area (Å²) in [6, 6.07) is 0. The predicted molar refractivity (Wildman–Crippen MR) is 104 cm³/mol. The van der Waals surface area contributed by atoms with Gasteiger partial charge in [-0.25, -0.2) is 0 Å². The molecule has 4 nitrogen and oxygen atoms in total. The van der Waals surface area contributed by atoms with Crippen LogP contribution in [-0.4, -0.2) is 50.1 Å². The Labute approximate surface area is 155 Å². The first-order chi connectivity index (χ1) is 10.2. The zero-order chi connectivity index (χ0) is 15.5. The van der Waals surface area contributed by atoms with Gasteiger partial charge in [0, 0.05) is 13.0 Å². The quantitative estimate of drug-likeness (QED) is 0.581. The predicted octanol–water partition coefficient (Wildman–Crippen LogP) is 3.09. The Kier molecular flexibility index (Phi) is 17.0. The summed E-state index contributed by atoms with van der Waals surface area (Å²) < 4.78 is 0. The number of rotatable bonds is 10. The Bertz CT molecular complexity index is 283. The van der Waals surface area contributed by atoms with Crippen molar-refractivity contribution in [2.75, 3.05) is 39.3 Å². The maximum absolute atomic E-state index is 12.0. The van der Waals surface area contributed by atoms with E-state index in [0.717, 1.165) is 51.6 Å². The number of halogens is 2. The van der Waals surface area contributed by atoms with Crippen LogP contribution < -0.4 is 10.6 Å². The molecular weight excluding hydrogens is 333 g/mol. The zero-order valence-electron chi connectivity index (χ0n) is 15.1. The Hall–Kier alpha value is -0.0300. The van der Waals surface area contributed by atoms with E-state index in [9.17, 15) is 4.79 Å². The summed E-state index contributed by atoms with van der Waals surface area (Å²) in [6.45, 7) is 13.1. The number of carbonyl (C=O) groups excluding carboxylic acids is 1. The monoisotopic (exact) mass is 369 g/mol. The van der Waals surface area contributed by atoms with Gasteiger partial charge in [0.25, 0.3) is 0 Å². The number of nitrogens with zero attached hydrogens (tertiary/aromatic N) is 1. The van der Waals surface area contributed by atoms with Crippen LogP contribution in [-0.2, 0) is 4.79 Å². The summed E-state index contributed by atoms with van der Waals surface area (Å²) in [5.74, 6) is 1.48. The molecule has 1 aliphatic rings. The van der Waals surface area contributed by atoms with Gasteiger partial charge >= 0.3 is 0 Å². The van der Waals surface area contributed by atoms with Crippen molar-refractivity contribution in [3.63, 3.8) is 0 Å². The first-order valence-electron chi connectivity index (χ1n) is 8.87. The van der Waals surface area contributed by atoms with Gasteiger partial charge in [-0.3, -0.25) is 4.79 Å². The third kappa shape index (κ3) is 11.2. The van der Waals surface area contributed by atoms with Gasteiger partial charge in [0.05, 0.1) is 0 Å². The van der Waals surface area contributed by atoms with Crippen LogP contribution in [0, 0.1) is 11.8 Å². The molecule has 1 aliphatic heterocycles. The van der Waals surface area contributed by atoms with Crippen molar-refractivity contribution in [1.29, 1.82) is 0 Å². The highest BCUT2D eigenvalue weighted by Crippen LogP contribution is 2.24. The molecule has 23 heavy (non-hydrogen) atoms. The molecule has 0 saturated carbocycles. The molecule has 1 amide bonds. The van der Waals surface area contributed by atoms with E-state index in [1.807, 2.05) is 0 Å². The molecule has 140 valence electrons. The molecule has 0 radical (unpaired) electrons. The highest BCUT2D eigenvalue weighted by molar-refractivity contribution is 5.85.